The van der Waals surface area contributed by atoms with Gasteiger partial charge in [0, 0.05) is 27.1 Å². The first-order valence-electron chi connectivity index (χ1n) is 15.9. The minimum Gasteiger partial charge on any atom is -0.455 e. The quantitative estimate of drug-likeness (QED) is 0.188. The van der Waals surface area contributed by atoms with E-state index in [0.29, 0.717) is 0 Å². The molecule has 0 atom stereocenters. The fraction of sp³-hybridized carbons (Fsp3) is 0. The molecule has 220 valence electrons. The van der Waals surface area contributed by atoms with Gasteiger partial charge in [-0.2, -0.15) is 0 Å². The van der Waals surface area contributed by atoms with Crippen LogP contribution >= 0.6 is 0 Å². The summed E-state index contributed by atoms with van der Waals surface area (Å²) >= 11 is 0. The molecule has 3 heteroatoms. The minimum atomic E-state index is 0.847. The Morgan fingerprint density at radius 2 is 0.979 bits per heavy atom. The molecule has 0 amide bonds. The smallest absolute Gasteiger partial charge is 0.159 e. The molecule has 0 aliphatic rings. The summed E-state index contributed by atoms with van der Waals surface area (Å²) in [5.41, 5.74) is 8.69. The third-order valence-corrected chi connectivity index (χ3v) is 9.46. The maximum Gasteiger partial charge on any atom is 0.159 e. The average Bonchev–Trinajstić information content (AvgIpc) is 3.72. The molecule has 3 nitrogen and oxygen atoms in total. The van der Waals surface area contributed by atoms with Crippen LogP contribution in [0.15, 0.2) is 173 Å². The van der Waals surface area contributed by atoms with Crippen LogP contribution in [0, 0.1) is 0 Å². The second-order valence-electron chi connectivity index (χ2n) is 12.0. The third-order valence-electron chi connectivity index (χ3n) is 9.46. The van der Waals surface area contributed by atoms with Crippen molar-refractivity contribution in [1.82, 2.24) is 0 Å². The number of nitrogens with zero attached hydrogens (tertiary/aromatic N) is 1. The van der Waals surface area contributed by atoms with Crippen molar-refractivity contribution in [2.24, 2.45) is 0 Å². The van der Waals surface area contributed by atoms with E-state index in [-0.39, 0.29) is 0 Å². The Labute approximate surface area is 270 Å². The number of anilines is 3. The molecule has 0 fully saturated rings. The van der Waals surface area contributed by atoms with E-state index in [0.717, 1.165) is 77.5 Å². The van der Waals surface area contributed by atoms with Gasteiger partial charge in [-0.05, 0) is 58.1 Å². The predicted molar refractivity (Wildman–Crippen MR) is 196 cm³/mol. The summed E-state index contributed by atoms with van der Waals surface area (Å²) in [6, 6.07) is 57.7. The molecule has 0 N–H and O–H groups in total. The molecular weight excluding hydrogens is 574 g/mol. The van der Waals surface area contributed by atoms with Crippen LogP contribution < -0.4 is 4.90 Å². The van der Waals surface area contributed by atoms with Crippen LogP contribution in [0.1, 0.15) is 0 Å². The van der Waals surface area contributed by atoms with E-state index in [4.69, 9.17) is 8.83 Å². The van der Waals surface area contributed by atoms with Crippen LogP contribution in [0.3, 0.4) is 0 Å². The summed E-state index contributed by atoms with van der Waals surface area (Å²) in [5.74, 6) is 0. The standard InChI is InChI=1S/C44H27NO2/c1-2-12-28(13-3-1)31-26-27-38(42-36-17-7-9-23-41(36)47-44(31)42)45(39-21-11-19-35-34-16-6-8-22-40(34)46-43(35)39)37-20-10-18-32-30-15-5-4-14-29(30)24-25-33(32)37/h1-27H. The summed E-state index contributed by atoms with van der Waals surface area (Å²) in [6.45, 7) is 0. The van der Waals surface area contributed by atoms with Crippen molar-refractivity contribution in [2.75, 3.05) is 4.90 Å². The molecule has 10 rings (SSSR count). The summed E-state index contributed by atoms with van der Waals surface area (Å²) in [7, 11) is 0. The minimum absolute atomic E-state index is 0.847. The van der Waals surface area contributed by atoms with Crippen molar-refractivity contribution in [2.45, 2.75) is 0 Å². The Balaban J connectivity index is 1.36. The molecule has 0 bridgehead atoms. The highest BCUT2D eigenvalue weighted by Gasteiger charge is 2.26. The Bertz CT molecular complexity index is 2810. The number of para-hydroxylation sites is 3. The molecule has 0 aliphatic heterocycles. The van der Waals surface area contributed by atoms with Crippen molar-refractivity contribution < 1.29 is 8.83 Å². The van der Waals surface area contributed by atoms with Crippen molar-refractivity contribution >= 4 is 82.5 Å². The summed E-state index contributed by atoms with van der Waals surface area (Å²) in [5, 5.41) is 9.14. The highest BCUT2D eigenvalue weighted by atomic mass is 16.3. The van der Waals surface area contributed by atoms with Crippen LogP contribution in [-0.4, -0.2) is 0 Å². The maximum absolute atomic E-state index is 6.73. The first-order chi connectivity index (χ1) is 23.3. The van der Waals surface area contributed by atoms with E-state index in [1.165, 1.54) is 16.2 Å². The lowest BCUT2D eigenvalue weighted by atomic mass is 9.97. The lowest BCUT2D eigenvalue weighted by molar-refractivity contribution is 0.668. The van der Waals surface area contributed by atoms with Crippen molar-refractivity contribution in [3.05, 3.63) is 164 Å². The molecule has 47 heavy (non-hydrogen) atoms. The largest absolute Gasteiger partial charge is 0.455 e. The average molecular weight is 602 g/mol. The van der Waals surface area contributed by atoms with E-state index < -0.39 is 0 Å². The highest BCUT2D eigenvalue weighted by molar-refractivity contribution is 6.21. The third kappa shape index (κ3) is 3.87. The Hall–Kier alpha value is -6.32. The zero-order valence-electron chi connectivity index (χ0n) is 25.4. The second-order valence-corrected chi connectivity index (χ2v) is 12.0. The lowest BCUT2D eigenvalue weighted by Crippen LogP contribution is -2.11. The van der Waals surface area contributed by atoms with Gasteiger partial charge >= 0.3 is 0 Å². The Kier molecular flexibility index (Phi) is 5.57. The van der Waals surface area contributed by atoms with E-state index in [1.807, 2.05) is 24.3 Å². The van der Waals surface area contributed by atoms with Gasteiger partial charge in [0.05, 0.1) is 22.4 Å². The zero-order valence-corrected chi connectivity index (χ0v) is 25.4. The summed E-state index contributed by atoms with van der Waals surface area (Å²) in [6.07, 6.45) is 0. The molecule has 0 aliphatic carbocycles. The van der Waals surface area contributed by atoms with Crippen LogP contribution in [0.4, 0.5) is 17.1 Å². The number of benzene rings is 8. The van der Waals surface area contributed by atoms with Crippen molar-refractivity contribution in [1.29, 1.82) is 0 Å². The second kappa shape index (κ2) is 10.1. The Morgan fingerprint density at radius 3 is 1.83 bits per heavy atom. The van der Waals surface area contributed by atoms with Gasteiger partial charge in [-0.15, -0.1) is 0 Å². The molecule has 0 saturated heterocycles. The van der Waals surface area contributed by atoms with Crippen molar-refractivity contribution in [3.63, 3.8) is 0 Å². The molecular formula is C44H27NO2. The number of hydrogen-bond donors (Lipinski definition) is 0. The Morgan fingerprint density at radius 1 is 0.340 bits per heavy atom. The normalized spacial score (nSPS) is 11.8. The van der Waals surface area contributed by atoms with Gasteiger partial charge in [-0.3, -0.25) is 0 Å². The zero-order chi connectivity index (χ0) is 30.9. The van der Waals surface area contributed by atoms with Gasteiger partial charge in [0.1, 0.15) is 16.7 Å². The topological polar surface area (TPSA) is 29.5 Å². The molecule has 2 aromatic heterocycles. The fourth-order valence-corrected chi connectivity index (χ4v) is 7.36. The summed E-state index contributed by atoms with van der Waals surface area (Å²) < 4.78 is 13.4. The molecule has 8 aromatic carbocycles. The predicted octanol–water partition coefficient (Wildman–Crippen LogP) is 12.9. The SMILES string of the molecule is c1ccc(-c2ccc(N(c3cccc4c3ccc3ccccc34)c3cccc4c3oc3ccccc34)c3c2oc2ccccc23)cc1. The van der Waals surface area contributed by atoms with E-state index in [1.54, 1.807) is 0 Å². The van der Waals surface area contributed by atoms with Gasteiger partial charge in [-0.25, -0.2) is 0 Å². The lowest BCUT2D eigenvalue weighted by Gasteiger charge is -2.28. The van der Waals surface area contributed by atoms with E-state index >= 15 is 0 Å². The molecule has 2 heterocycles. The first kappa shape index (κ1) is 26.0. The van der Waals surface area contributed by atoms with Crippen LogP contribution in [0.2, 0.25) is 0 Å². The number of fused-ring (bicyclic) bond motifs is 9. The van der Waals surface area contributed by atoms with E-state index in [2.05, 4.69) is 144 Å². The number of hydrogen-bond acceptors (Lipinski definition) is 3. The first-order valence-corrected chi connectivity index (χ1v) is 15.9. The van der Waals surface area contributed by atoms with E-state index in [9.17, 15) is 0 Å². The van der Waals surface area contributed by atoms with Crippen LogP contribution in [-0.2, 0) is 0 Å². The van der Waals surface area contributed by atoms with Crippen LogP contribution in [0.5, 0.6) is 0 Å². The molecule has 0 unspecified atom stereocenters. The number of furan rings is 2. The van der Waals surface area contributed by atoms with Gasteiger partial charge < -0.3 is 13.7 Å². The maximum atomic E-state index is 6.73. The summed E-state index contributed by atoms with van der Waals surface area (Å²) in [4.78, 5) is 2.38. The van der Waals surface area contributed by atoms with Gasteiger partial charge in [0.25, 0.3) is 0 Å². The highest BCUT2D eigenvalue weighted by Crippen LogP contribution is 2.50. The van der Waals surface area contributed by atoms with Gasteiger partial charge in [0.2, 0.25) is 0 Å². The molecule has 0 saturated carbocycles. The van der Waals surface area contributed by atoms with Crippen LogP contribution in [0.25, 0.3) is 76.5 Å². The number of rotatable bonds is 4. The molecule has 10 aromatic rings. The molecule has 0 radical (unpaired) electrons. The van der Waals surface area contributed by atoms with Gasteiger partial charge in [-0.1, -0.05) is 127 Å². The molecule has 0 spiro atoms. The van der Waals surface area contributed by atoms with Gasteiger partial charge in [0.15, 0.2) is 5.58 Å². The van der Waals surface area contributed by atoms with Crippen molar-refractivity contribution in [3.8, 4) is 11.1 Å². The fourth-order valence-electron chi connectivity index (χ4n) is 7.36. The monoisotopic (exact) mass is 601 g/mol.